The zero-order valence-electron chi connectivity index (χ0n) is 13.3. The Bertz CT molecular complexity index is 919. The van der Waals surface area contributed by atoms with Gasteiger partial charge in [0.05, 0.1) is 0 Å². The van der Waals surface area contributed by atoms with Crippen molar-refractivity contribution in [2.75, 3.05) is 25.0 Å². The molecule has 1 amide bonds. The lowest BCUT2D eigenvalue weighted by molar-refractivity contribution is 0.0722. The van der Waals surface area contributed by atoms with Crippen LogP contribution in [-0.4, -0.2) is 30.9 Å². The van der Waals surface area contributed by atoms with Gasteiger partial charge in [0, 0.05) is 42.2 Å². The van der Waals surface area contributed by atoms with Crippen molar-refractivity contribution in [1.82, 2.24) is 4.90 Å². The summed E-state index contributed by atoms with van der Waals surface area (Å²) in [5.74, 6) is 0.331. The van der Waals surface area contributed by atoms with Crippen molar-refractivity contribution in [3.05, 3.63) is 64.3 Å². The number of rotatable bonds is 1. The molecule has 1 aliphatic heterocycles. The van der Waals surface area contributed by atoms with Crippen molar-refractivity contribution in [3.8, 4) is 0 Å². The quantitative estimate of drug-likeness (QED) is 0.627. The number of likely N-dealkylation sites (N-methyl/N-ethyl adjacent to an activating group) is 1. The van der Waals surface area contributed by atoms with Gasteiger partial charge in [0.15, 0.2) is 5.76 Å². The number of benzene rings is 2. The number of hydrogen-bond acceptors (Lipinski definition) is 3. The summed E-state index contributed by atoms with van der Waals surface area (Å²) in [4.78, 5) is 17.0. The van der Waals surface area contributed by atoms with Gasteiger partial charge in [-0.15, -0.1) is 0 Å². The minimum atomic E-state index is -0.0626. The van der Waals surface area contributed by atoms with Gasteiger partial charge in [0.2, 0.25) is 0 Å². The molecule has 1 aliphatic rings. The van der Waals surface area contributed by atoms with Crippen LogP contribution in [-0.2, 0) is 6.54 Å². The maximum atomic E-state index is 12.9. The molecule has 0 N–H and O–H groups in total. The van der Waals surface area contributed by atoms with Crippen LogP contribution < -0.4 is 4.90 Å². The molecule has 3 aromatic rings. The van der Waals surface area contributed by atoms with Crippen molar-refractivity contribution in [2.24, 2.45) is 0 Å². The second-order valence-electron chi connectivity index (χ2n) is 6.07. The van der Waals surface area contributed by atoms with E-state index in [1.807, 2.05) is 41.3 Å². The van der Waals surface area contributed by atoms with Crippen LogP contribution >= 0.6 is 15.9 Å². The SMILES string of the molecule is CN1CCN(C(=O)c2cc3cc(Br)ccc3o2)Cc2ccccc21. The first-order valence-corrected chi connectivity index (χ1v) is 8.68. The van der Waals surface area contributed by atoms with Gasteiger partial charge in [-0.25, -0.2) is 0 Å². The topological polar surface area (TPSA) is 36.7 Å². The van der Waals surface area contributed by atoms with Crippen molar-refractivity contribution >= 4 is 38.5 Å². The number of amides is 1. The highest BCUT2D eigenvalue weighted by Crippen LogP contribution is 2.27. The fraction of sp³-hybridized carbons (Fsp3) is 0.211. The van der Waals surface area contributed by atoms with Crippen LogP contribution in [0.25, 0.3) is 11.0 Å². The molecule has 0 aliphatic carbocycles. The third kappa shape index (κ3) is 2.69. The van der Waals surface area contributed by atoms with Gasteiger partial charge in [0.1, 0.15) is 5.58 Å². The van der Waals surface area contributed by atoms with Crippen LogP contribution in [0.5, 0.6) is 0 Å². The second kappa shape index (κ2) is 5.98. The van der Waals surface area contributed by atoms with Crippen molar-refractivity contribution < 1.29 is 9.21 Å². The zero-order valence-corrected chi connectivity index (χ0v) is 14.9. The first-order valence-electron chi connectivity index (χ1n) is 7.89. The van der Waals surface area contributed by atoms with E-state index in [1.165, 1.54) is 5.69 Å². The summed E-state index contributed by atoms with van der Waals surface area (Å²) < 4.78 is 6.74. The molecule has 0 fully saturated rings. The number of anilines is 1. The molecular formula is C19H17BrN2O2. The van der Waals surface area contributed by atoms with E-state index >= 15 is 0 Å². The molecule has 122 valence electrons. The molecule has 0 saturated carbocycles. The lowest BCUT2D eigenvalue weighted by Gasteiger charge is -2.19. The second-order valence-corrected chi connectivity index (χ2v) is 6.99. The molecule has 0 bridgehead atoms. The molecule has 4 rings (SSSR count). The van der Waals surface area contributed by atoms with Crippen molar-refractivity contribution in [2.45, 2.75) is 6.54 Å². The Morgan fingerprint density at radius 2 is 1.96 bits per heavy atom. The van der Waals surface area contributed by atoms with Crippen molar-refractivity contribution in [3.63, 3.8) is 0 Å². The van der Waals surface area contributed by atoms with Crippen LogP contribution in [0.2, 0.25) is 0 Å². The molecule has 2 aromatic carbocycles. The first-order chi connectivity index (χ1) is 11.6. The predicted molar refractivity (Wildman–Crippen MR) is 98.4 cm³/mol. The summed E-state index contributed by atoms with van der Waals surface area (Å²) in [6.45, 7) is 2.07. The lowest BCUT2D eigenvalue weighted by atomic mass is 10.1. The maximum absolute atomic E-state index is 12.9. The van der Waals surface area contributed by atoms with Crippen LogP contribution in [0.15, 0.2) is 57.4 Å². The third-order valence-electron chi connectivity index (χ3n) is 4.45. The number of fused-ring (bicyclic) bond motifs is 2. The van der Waals surface area contributed by atoms with Gasteiger partial charge in [-0.3, -0.25) is 4.79 Å². The number of halogens is 1. The van der Waals surface area contributed by atoms with Gasteiger partial charge < -0.3 is 14.2 Å². The standard InChI is InChI=1S/C19H17BrN2O2/c1-21-8-9-22(12-13-4-2-3-5-16(13)21)19(23)18-11-14-10-15(20)6-7-17(14)24-18/h2-7,10-11H,8-9,12H2,1H3. The zero-order chi connectivity index (χ0) is 16.7. The van der Waals surface area contributed by atoms with Gasteiger partial charge >= 0.3 is 0 Å². The summed E-state index contributed by atoms with van der Waals surface area (Å²) in [5.41, 5.74) is 3.07. The molecule has 2 heterocycles. The molecule has 4 nitrogen and oxygen atoms in total. The number of furan rings is 1. The van der Waals surface area contributed by atoms with E-state index < -0.39 is 0 Å². The fourth-order valence-corrected chi connectivity index (χ4v) is 3.52. The lowest BCUT2D eigenvalue weighted by Crippen LogP contribution is -2.34. The Labute approximate surface area is 148 Å². The van der Waals surface area contributed by atoms with Gasteiger partial charge in [-0.05, 0) is 35.9 Å². The number of nitrogens with zero attached hydrogens (tertiary/aromatic N) is 2. The van der Waals surface area contributed by atoms with Crippen LogP contribution in [0.1, 0.15) is 16.1 Å². The Kier molecular flexibility index (Phi) is 3.81. The monoisotopic (exact) mass is 384 g/mol. The summed E-state index contributed by atoms with van der Waals surface area (Å²) in [7, 11) is 2.06. The molecular weight excluding hydrogens is 368 g/mol. The number of para-hydroxylation sites is 1. The molecule has 0 unspecified atom stereocenters. The van der Waals surface area contributed by atoms with E-state index in [1.54, 1.807) is 0 Å². The third-order valence-corrected chi connectivity index (χ3v) is 4.94. The highest BCUT2D eigenvalue weighted by Gasteiger charge is 2.24. The van der Waals surface area contributed by atoms with Gasteiger partial charge in [-0.1, -0.05) is 34.1 Å². The Hall–Kier alpha value is -2.27. The van der Waals surface area contributed by atoms with E-state index in [4.69, 9.17) is 4.42 Å². The minimum absolute atomic E-state index is 0.0626. The largest absolute Gasteiger partial charge is 0.451 e. The Morgan fingerprint density at radius 3 is 2.83 bits per heavy atom. The van der Waals surface area contributed by atoms with Gasteiger partial charge in [0.25, 0.3) is 5.91 Å². The molecule has 1 aromatic heterocycles. The van der Waals surface area contributed by atoms with Crippen molar-refractivity contribution in [1.29, 1.82) is 0 Å². The van der Waals surface area contributed by atoms with Crippen LogP contribution in [0.4, 0.5) is 5.69 Å². The fourth-order valence-electron chi connectivity index (χ4n) is 3.14. The van der Waals surface area contributed by atoms with Crippen LogP contribution in [0.3, 0.4) is 0 Å². The number of carbonyl (C=O) groups excluding carboxylic acids is 1. The number of carbonyl (C=O) groups is 1. The average molecular weight is 385 g/mol. The molecule has 0 atom stereocenters. The van der Waals surface area contributed by atoms with E-state index in [0.717, 1.165) is 27.6 Å². The summed E-state index contributed by atoms with van der Waals surface area (Å²) in [6, 6.07) is 15.8. The van der Waals surface area contributed by atoms with E-state index in [2.05, 4.69) is 40.0 Å². The summed E-state index contributed by atoms with van der Waals surface area (Å²) >= 11 is 3.45. The predicted octanol–water partition coefficient (Wildman–Crippen LogP) is 4.29. The highest BCUT2D eigenvalue weighted by atomic mass is 79.9. The molecule has 0 spiro atoms. The maximum Gasteiger partial charge on any atom is 0.289 e. The molecule has 0 radical (unpaired) electrons. The van der Waals surface area contributed by atoms with E-state index in [-0.39, 0.29) is 5.91 Å². The highest BCUT2D eigenvalue weighted by molar-refractivity contribution is 9.10. The summed E-state index contributed by atoms with van der Waals surface area (Å²) in [6.07, 6.45) is 0. The molecule has 24 heavy (non-hydrogen) atoms. The Balaban J connectivity index is 1.66. The van der Waals surface area contributed by atoms with Crippen LogP contribution in [0, 0.1) is 0 Å². The average Bonchev–Trinajstić information content (AvgIpc) is 2.93. The smallest absolute Gasteiger partial charge is 0.289 e. The van der Waals surface area contributed by atoms with Gasteiger partial charge in [-0.2, -0.15) is 0 Å². The van der Waals surface area contributed by atoms with E-state index in [9.17, 15) is 4.79 Å². The molecule has 5 heteroatoms. The first kappa shape index (κ1) is 15.3. The molecule has 0 saturated heterocycles. The normalized spacial score (nSPS) is 14.6. The minimum Gasteiger partial charge on any atom is -0.451 e. The summed E-state index contributed by atoms with van der Waals surface area (Å²) in [5, 5.41) is 0.931. The Morgan fingerprint density at radius 1 is 1.12 bits per heavy atom. The van der Waals surface area contributed by atoms with E-state index in [0.29, 0.717) is 18.8 Å². The number of hydrogen-bond donors (Lipinski definition) is 0.